The standard InChI is InChI=1S/C5H12N.C4H9OS.2BrH.Sn/c1-3-4-5(2)6;1-2-6-4-3-5;;;/h5H,1,3-4,6H2,2H3;2-4H2,1H3;2*1H;/q;-1;;;+3/p-2. The number of nitrogens with two attached hydrogens (primary N) is 1. The molecule has 0 fully saturated rings. The number of rotatable bonds is 9. The second-order valence-corrected chi connectivity index (χ2v) is 35.2. The normalized spacial score (nSPS) is 14.2. The van der Waals surface area contributed by atoms with Gasteiger partial charge in [0.25, 0.3) is 0 Å². The van der Waals surface area contributed by atoms with Crippen molar-refractivity contribution in [3.63, 3.8) is 0 Å². The van der Waals surface area contributed by atoms with Crippen molar-refractivity contribution in [1.82, 2.24) is 0 Å². The molecule has 1 unspecified atom stereocenters. The molecule has 2 N–H and O–H groups in total. The van der Waals surface area contributed by atoms with Gasteiger partial charge in [0.1, 0.15) is 0 Å². The van der Waals surface area contributed by atoms with E-state index in [0.29, 0.717) is 6.04 Å². The Morgan fingerprint density at radius 3 is 2.67 bits per heavy atom. The minimum atomic E-state index is -2.48. The first kappa shape index (κ1) is 17.0. The van der Waals surface area contributed by atoms with Crippen molar-refractivity contribution in [2.45, 2.75) is 37.2 Å². The molecule has 0 amide bonds. The van der Waals surface area contributed by atoms with Crippen LogP contribution in [0.1, 0.15) is 26.7 Å². The van der Waals surface area contributed by atoms with Crippen LogP contribution >= 0.6 is 37.2 Å². The Morgan fingerprint density at radius 1 is 1.47 bits per heavy atom. The van der Waals surface area contributed by atoms with Gasteiger partial charge in [0, 0.05) is 0 Å². The van der Waals surface area contributed by atoms with E-state index >= 15 is 0 Å². The molecule has 0 rings (SSSR count). The van der Waals surface area contributed by atoms with E-state index in [1.54, 1.807) is 0 Å². The van der Waals surface area contributed by atoms with E-state index < -0.39 is 14.3 Å². The minimum absolute atomic E-state index is 0.308. The molecule has 0 saturated heterocycles. The van der Waals surface area contributed by atoms with Crippen LogP contribution in [-0.2, 0) is 3.07 Å². The zero-order valence-corrected chi connectivity index (χ0v) is 16.3. The molecule has 0 aliphatic rings. The van der Waals surface area contributed by atoms with Gasteiger partial charge in [-0.2, -0.15) is 0 Å². The van der Waals surface area contributed by atoms with Crippen molar-refractivity contribution < 1.29 is 3.07 Å². The SMILES string of the molecule is CCSCC[O][Sn]([Br])([Br])[CH2]CCC(C)N. The van der Waals surface area contributed by atoms with Gasteiger partial charge in [-0.05, 0) is 0 Å². The molecule has 0 aromatic carbocycles. The molecule has 0 radical (unpaired) electrons. The van der Waals surface area contributed by atoms with Crippen LogP contribution in [0.25, 0.3) is 0 Å². The fraction of sp³-hybridized carbons (Fsp3) is 1.00. The van der Waals surface area contributed by atoms with Gasteiger partial charge in [-0.15, -0.1) is 0 Å². The van der Waals surface area contributed by atoms with E-state index in [1.165, 1.54) is 5.75 Å². The Morgan fingerprint density at radius 2 is 2.13 bits per heavy atom. The zero-order chi connectivity index (χ0) is 11.7. The van der Waals surface area contributed by atoms with Crippen LogP contribution < -0.4 is 5.73 Å². The Kier molecular flexibility index (Phi) is 11.4. The number of hydrogen-bond acceptors (Lipinski definition) is 3. The summed E-state index contributed by atoms with van der Waals surface area (Å²) in [6, 6.07) is 0.308. The summed E-state index contributed by atoms with van der Waals surface area (Å²) >= 11 is 6.92. The van der Waals surface area contributed by atoms with E-state index in [4.69, 9.17) is 8.81 Å². The fourth-order valence-corrected chi connectivity index (χ4v) is 11.3. The first-order valence-electron chi connectivity index (χ1n) is 5.33. The maximum absolute atomic E-state index is 5.90. The monoisotopic (exact) mass is 469 g/mol. The number of halogens is 2. The third kappa shape index (κ3) is 12.3. The van der Waals surface area contributed by atoms with Crippen molar-refractivity contribution in [2.75, 3.05) is 18.1 Å². The van der Waals surface area contributed by atoms with E-state index in [9.17, 15) is 0 Å². The average molecular weight is 470 g/mol. The molecule has 6 heteroatoms. The summed E-state index contributed by atoms with van der Waals surface area (Å²) in [5, 5.41) is 0. The molecule has 0 heterocycles. The van der Waals surface area contributed by atoms with Gasteiger partial charge in [0.05, 0.1) is 0 Å². The molecule has 0 aliphatic carbocycles. The quantitative estimate of drug-likeness (QED) is 0.414. The summed E-state index contributed by atoms with van der Waals surface area (Å²) in [5.41, 5.74) is 5.71. The maximum atomic E-state index is 5.90. The number of hydrogen-bond donors (Lipinski definition) is 1. The molecule has 15 heavy (non-hydrogen) atoms. The third-order valence-corrected chi connectivity index (χ3v) is 15.6. The predicted octanol–water partition coefficient (Wildman–Crippen LogP) is 3.61. The van der Waals surface area contributed by atoms with E-state index in [-0.39, 0.29) is 0 Å². The van der Waals surface area contributed by atoms with Crippen LogP contribution in [0.2, 0.25) is 4.44 Å². The average Bonchev–Trinajstić information content (AvgIpc) is 2.11. The third-order valence-electron chi connectivity index (χ3n) is 1.87. The fourth-order valence-electron chi connectivity index (χ4n) is 1.10. The Bertz CT molecular complexity index is 161. The van der Waals surface area contributed by atoms with Crippen molar-refractivity contribution in [1.29, 1.82) is 0 Å². The van der Waals surface area contributed by atoms with Crippen molar-refractivity contribution >= 4 is 51.5 Å². The number of thioether (sulfide) groups is 1. The van der Waals surface area contributed by atoms with Gasteiger partial charge in [-0.3, -0.25) is 0 Å². The van der Waals surface area contributed by atoms with Gasteiger partial charge in [-0.1, -0.05) is 0 Å². The molecule has 0 spiro atoms. The van der Waals surface area contributed by atoms with Gasteiger partial charge < -0.3 is 0 Å². The summed E-state index contributed by atoms with van der Waals surface area (Å²) in [6.45, 7) is 5.09. The molecule has 0 bridgehead atoms. The Labute approximate surface area is 114 Å². The Hall–Kier alpha value is 2.03. The summed E-state index contributed by atoms with van der Waals surface area (Å²) in [6.07, 6.45) is 2.24. The van der Waals surface area contributed by atoms with E-state index in [1.807, 2.05) is 11.8 Å². The van der Waals surface area contributed by atoms with Gasteiger partial charge in [0.15, 0.2) is 0 Å². The van der Waals surface area contributed by atoms with Crippen LogP contribution in [0.4, 0.5) is 0 Å². The topological polar surface area (TPSA) is 35.2 Å². The Balaban J connectivity index is 3.48. The molecule has 0 saturated carbocycles. The molecule has 0 aliphatic heterocycles. The van der Waals surface area contributed by atoms with E-state index in [0.717, 1.165) is 29.6 Å². The molecule has 92 valence electrons. The first-order chi connectivity index (χ1) is 6.98. The van der Waals surface area contributed by atoms with Crippen LogP contribution in [0.5, 0.6) is 0 Å². The second kappa shape index (κ2) is 10.00. The summed E-state index contributed by atoms with van der Waals surface area (Å²) < 4.78 is 7.04. The molecule has 1 atom stereocenters. The first-order valence-corrected chi connectivity index (χ1v) is 22.5. The molecule has 0 aromatic rings. The molecule has 2 nitrogen and oxygen atoms in total. The molecular formula is C9H21Br2NOSSn. The van der Waals surface area contributed by atoms with Crippen LogP contribution in [0.15, 0.2) is 0 Å². The van der Waals surface area contributed by atoms with E-state index in [2.05, 4.69) is 39.3 Å². The van der Waals surface area contributed by atoms with Gasteiger partial charge >= 0.3 is 116 Å². The van der Waals surface area contributed by atoms with Gasteiger partial charge in [0.2, 0.25) is 0 Å². The van der Waals surface area contributed by atoms with Crippen molar-refractivity contribution in [2.24, 2.45) is 5.73 Å². The molecule has 0 aromatic heterocycles. The predicted molar refractivity (Wildman–Crippen MR) is 80.2 cm³/mol. The van der Waals surface area contributed by atoms with Gasteiger partial charge in [-0.25, -0.2) is 0 Å². The zero-order valence-electron chi connectivity index (χ0n) is 9.47. The van der Waals surface area contributed by atoms with Crippen LogP contribution in [0, 0.1) is 0 Å². The van der Waals surface area contributed by atoms with Crippen molar-refractivity contribution in [3.05, 3.63) is 0 Å². The summed E-state index contributed by atoms with van der Waals surface area (Å²) in [7, 11) is 0. The summed E-state index contributed by atoms with van der Waals surface area (Å²) in [5.74, 6) is 2.26. The van der Waals surface area contributed by atoms with Crippen molar-refractivity contribution in [3.8, 4) is 0 Å². The summed E-state index contributed by atoms with van der Waals surface area (Å²) in [4.78, 5) is 0. The second-order valence-electron chi connectivity index (χ2n) is 3.55. The van der Waals surface area contributed by atoms with Crippen LogP contribution in [0.3, 0.4) is 0 Å². The van der Waals surface area contributed by atoms with Crippen LogP contribution in [-0.4, -0.2) is 38.5 Å². The molecular weight excluding hydrogens is 449 g/mol.